The van der Waals surface area contributed by atoms with Crippen molar-refractivity contribution >= 4 is 5.91 Å². The summed E-state index contributed by atoms with van der Waals surface area (Å²) in [6.45, 7) is 8.97. The lowest BCUT2D eigenvalue weighted by Gasteiger charge is -2.42. The van der Waals surface area contributed by atoms with Crippen molar-refractivity contribution in [3.8, 4) is 0 Å². The number of amides is 1. The van der Waals surface area contributed by atoms with Crippen molar-refractivity contribution in [3.63, 3.8) is 0 Å². The fourth-order valence-electron chi connectivity index (χ4n) is 4.31. The molecule has 0 radical (unpaired) electrons. The third-order valence-electron chi connectivity index (χ3n) is 6.00. The molecule has 0 aliphatic carbocycles. The van der Waals surface area contributed by atoms with Crippen LogP contribution in [0.1, 0.15) is 45.1 Å². The summed E-state index contributed by atoms with van der Waals surface area (Å²) in [5, 5.41) is 12.4. The zero-order chi connectivity index (χ0) is 19.3. The topological polar surface area (TPSA) is 55.8 Å². The second-order valence-electron chi connectivity index (χ2n) is 8.86. The van der Waals surface area contributed by atoms with Crippen molar-refractivity contribution in [2.75, 3.05) is 32.8 Å². The molecule has 150 valence electrons. The molecule has 0 spiro atoms. The summed E-state index contributed by atoms with van der Waals surface area (Å²) < 4.78 is 0. The van der Waals surface area contributed by atoms with Crippen molar-refractivity contribution in [2.45, 2.75) is 57.7 Å². The van der Waals surface area contributed by atoms with Gasteiger partial charge in [-0.1, -0.05) is 30.3 Å². The minimum absolute atomic E-state index is 0.0327. The largest absolute Gasteiger partial charge is 0.394 e. The minimum Gasteiger partial charge on any atom is -0.394 e. The summed E-state index contributed by atoms with van der Waals surface area (Å²) in [7, 11) is 0. The normalized spacial score (nSPS) is 23.3. The lowest BCUT2D eigenvalue weighted by molar-refractivity contribution is -0.129. The number of aliphatic hydroxyl groups is 1. The molecule has 1 aromatic carbocycles. The number of hydrogen-bond donors (Lipinski definition) is 2. The quantitative estimate of drug-likeness (QED) is 0.803. The molecule has 0 saturated carbocycles. The van der Waals surface area contributed by atoms with E-state index in [4.69, 9.17) is 0 Å². The Hall–Kier alpha value is -1.43. The summed E-state index contributed by atoms with van der Waals surface area (Å²) in [6.07, 6.45) is 4.41. The molecule has 1 amide bonds. The van der Waals surface area contributed by atoms with E-state index in [0.29, 0.717) is 6.04 Å². The zero-order valence-corrected chi connectivity index (χ0v) is 16.9. The summed E-state index contributed by atoms with van der Waals surface area (Å²) in [4.78, 5) is 17.7. The number of aliphatic hydroxyl groups excluding tert-OH is 1. The van der Waals surface area contributed by atoms with Crippen LogP contribution in [-0.4, -0.2) is 65.2 Å². The summed E-state index contributed by atoms with van der Waals surface area (Å²) in [6, 6.07) is 11.3. The van der Waals surface area contributed by atoms with Gasteiger partial charge in [0.2, 0.25) is 5.91 Å². The number of piperidine rings is 2. The van der Waals surface area contributed by atoms with Crippen molar-refractivity contribution < 1.29 is 9.90 Å². The number of nitrogens with one attached hydrogen (secondary N) is 1. The Kier molecular flexibility index (Phi) is 6.90. The number of carbonyl (C=O) groups excluding carboxylic acids is 1. The first-order chi connectivity index (χ1) is 13.0. The minimum atomic E-state index is -0.540. The highest BCUT2D eigenvalue weighted by Gasteiger charge is 2.33. The van der Waals surface area contributed by atoms with Crippen LogP contribution in [0, 0.1) is 5.92 Å². The van der Waals surface area contributed by atoms with Crippen molar-refractivity contribution in [1.82, 2.24) is 15.1 Å². The van der Waals surface area contributed by atoms with E-state index < -0.39 is 5.54 Å². The highest BCUT2D eigenvalue weighted by molar-refractivity contribution is 5.79. The van der Waals surface area contributed by atoms with Crippen molar-refractivity contribution in [3.05, 3.63) is 35.9 Å². The maximum absolute atomic E-state index is 12.6. The molecule has 2 fully saturated rings. The van der Waals surface area contributed by atoms with Gasteiger partial charge >= 0.3 is 0 Å². The number of benzene rings is 1. The molecule has 2 aliphatic rings. The molecular weight excluding hydrogens is 338 g/mol. The van der Waals surface area contributed by atoms with Crippen LogP contribution in [-0.2, 0) is 11.3 Å². The van der Waals surface area contributed by atoms with E-state index in [1.54, 1.807) is 0 Å². The Balaban J connectivity index is 1.47. The molecule has 0 bridgehead atoms. The number of carbonyl (C=O) groups is 1. The Morgan fingerprint density at radius 1 is 1.15 bits per heavy atom. The summed E-state index contributed by atoms with van der Waals surface area (Å²) in [5.74, 6) is 0.146. The molecule has 2 aliphatic heterocycles. The van der Waals surface area contributed by atoms with Gasteiger partial charge in [0.15, 0.2) is 0 Å². The third-order valence-corrected chi connectivity index (χ3v) is 6.00. The van der Waals surface area contributed by atoms with Crippen LogP contribution in [0.25, 0.3) is 0 Å². The van der Waals surface area contributed by atoms with E-state index in [2.05, 4.69) is 45.4 Å². The fourth-order valence-corrected chi connectivity index (χ4v) is 4.31. The van der Waals surface area contributed by atoms with Crippen molar-refractivity contribution in [1.29, 1.82) is 0 Å². The zero-order valence-electron chi connectivity index (χ0n) is 16.9. The average Bonchev–Trinajstić information content (AvgIpc) is 2.69. The van der Waals surface area contributed by atoms with Gasteiger partial charge in [-0.2, -0.15) is 0 Å². The SMILES string of the molecule is CC(C)(CO)NC(=O)[C@H]1CCCN(C2CCN(Cc3ccccc3)CC2)C1. The lowest BCUT2D eigenvalue weighted by atomic mass is 9.92. The fraction of sp³-hybridized carbons (Fsp3) is 0.682. The molecule has 5 heteroatoms. The molecule has 2 saturated heterocycles. The van der Waals surface area contributed by atoms with Crippen LogP contribution in [0.15, 0.2) is 30.3 Å². The maximum Gasteiger partial charge on any atom is 0.224 e. The number of hydrogen-bond acceptors (Lipinski definition) is 4. The van der Waals surface area contributed by atoms with Crippen LogP contribution in [0.2, 0.25) is 0 Å². The highest BCUT2D eigenvalue weighted by Crippen LogP contribution is 2.25. The van der Waals surface area contributed by atoms with E-state index in [1.165, 1.54) is 18.4 Å². The van der Waals surface area contributed by atoms with Crippen LogP contribution in [0.3, 0.4) is 0 Å². The van der Waals surface area contributed by atoms with Gasteiger partial charge in [0, 0.05) is 19.1 Å². The van der Waals surface area contributed by atoms with E-state index in [-0.39, 0.29) is 18.4 Å². The Bertz CT molecular complexity index is 597. The molecule has 3 rings (SSSR count). The molecule has 27 heavy (non-hydrogen) atoms. The van der Waals surface area contributed by atoms with E-state index in [0.717, 1.165) is 45.6 Å². The maximum atomic E-state index is 12.6. The summed E-state index contributed by atoms with van der Waals surface area (Å²) in [5.41, 5.74) is 0.847. The van der Waals surface area contributed by atoms with Crippen molar-refractivity contribution in [2.24, 2.45) is 5.92 Å². The molecule has 2 heterocycles. The second-order valence-corrected chi connectivity index (χ2v) is 8.86. The van der Waals surface area contributed by atoms with E-state index >= 15 is 0 Å². The van der Waals surface area contributed by atoms with Crippen LogP contribution in [0.5, 0.6) is 0 Å². The number of nitrogens with zero attached hydrogens (tertiary/aromatic N) is 2. The predicted molar refractivity (Wildman–Crippen MR) is 108 cm³/mol. The van der Waals surface area contributed by atoms with Gasteiger partial charge in [-0.15, -0.1) is 0 Å². The molecule has 1 aromatic rings. The molecule has 0 aromatic heterocycles. The third kappa shape index (κ3) is 5.77. The monoisotopic (exact) mass is 373 g/mol. The lowest BCUT2D eigenvalue weighted by Crippen LogP contribution is -2.54. The Labute approximate surface area is 163 Å². The van der Waals surface area contributed by atoms with Crippen LogP contribution < -0.4 is 5.32 Å². The predicted octanol–water partition coefficient (Wildman–Crippen LogP) is 2.25. The van der Waals surface area contributed by atoms with Gasteiger partial charge in [-0.25, -0.2) is 0 Å². The second kappa shape index (κ2) is 9.18. The van der Waals surface area contributed by atoms with E-state index in [1.807, 2.05) is 13.8 Å². The number of likely N-dealkylation sites (tertiary alicyclic amines) is 2. The van der Waals surface area contributed by atoms with Crippen LogP contribution in [0.4, 0.5) is 0 Å². The first-order valence-corrected chi connectivity index (χ1v) is 10.4. The standard InChI is InChI=1S/C22H35N3O2/c1-22(2,17-26)23-21(27)19-9-6-12-25(16-19)20-10-13-24(14-11-20)15-18-7-4-3-5-8-18/h3-5,7-8,19-20,26H,6,9-17H2,1-2H3,(H,23,27)/t19-/m0/s1. The molecule has 0 unspecified atom stereocenters. The Morgan fingerprint density at radius 3 is 2.52 bits per heavy atom. The first-order valence-electron chi connectivity index (χ1n) is 10.4. The van der Waals surface area contributed by atoms with Crippen LogP contribution >= 0.6 is 0 Å². The highest BCUT2D eigenvalue weighted by atomic mass is 16.3. The molecule has 5 nitrogen and oxygen atoms in total. The number of rotatable bonds is 6. The van der Waals surface area contributed by atoms with Gasteiger partial charge in [-0.3, -0.25) is 14.6 Å². The molecular formula is C22H35N3O2. The van der Waals surface area contributed by atoms with Gasteiger partial charge in [-0.05, 0) is 64.7 Å². The smallest absolute Gasteiger partial charge is 0.224 e. The molecule has 2 N–H and O–H groups in total. The first kappa shape index (κ1) is 20.3. The Morgan fingerprint density at radius 2 is 1.85 bits per heavy atom. The van der Waals surface area contributed by atoms with Gasteiger partial charge < -0.3 is 10.4 Å². The average molecular weight is 374 g/mol. The summed E-state index contributed by atoms with van der Waals surface area (Å²) >= 11 is 0. The van der Waals surface area contributed by atoms with Gasteiger partial charge in [0.05, 0.1) is 18.1 Å². The molecule has 1 atom stereocenters. The van der Waals surface area contributed by atoms with Gasteiger partial charge in [0.25, 0.3) is 0 Å². The van der Waals surface area contributed by atoms with Gasteiger partial charge in [0.1, 0.15) is 0 Å². The van der Waals surface area contributed by atoms with E-state index in [9.17, 15) is 9.90 Å².